The molecule has 0 fully saturated rings. The Morgan fingerprint density at radius 1 is 0.792 bits per heavy atom. The maximum Gasteiger partial charge on any atom is 0.190 e. The molecule has 0 unspecified atom stereocenters. The Balaban J connectivity index is 1.88. The molecule has 1 atom stereocenters. The van der Waals surface area contributed by atoms with Gasteiger partial charge in [0.15, 0.2) is 5.78 Å². The topological polar surface area (TPSA) is 17.1 Å². The first kappa shape index (κ1) is 14.9. The van der Waals surface area contributed by atoms with Crippen molar-refractivity contribution in [2.75, 3.05) is 0 Å². The van der Waals surface area contributed by atoms with Crippen LogP contribution in [0.5, 0.6) is 0 Å². The molecule has 0 bridgehead atoms. The smallest absolute Gasteiger partial charge is 0.190 e. The van der Waals surface area contributed by atoms with Crippen molar-refractivity contribution in [3.8, 4) is 0 Å². The number of fused-ring (bicyclic) bond motifs is 1. The van der Waals surface area contributed by atoms with Crippen molar-refractivity contribution in [1.82, 2.24) is 0 Å². The summed E-state index contributed by atoms with van der Waals surface area (Å²) in [7, 11) is 0. The van der Waals surface area contributed by atoms with Crippen LogP contribution in [0.2, 0.25) is 5.02 Å². The molecule has 0 amide bonds. The van der Waals surface area contributed by atoms with E-state index < -0.39 is 0 Å². The predicted molar refractivity (Wildman–Crippen MR) is 98.5 cm³/mol. The second-order valence-electron chi connectivity index (χ2n) is 5.91. The zero-order valence-electron chi connectivity index (χ0n) is 12.9. The Kier molecular flexibility index (Phi) is 3.79. The summed E-state index contributed by atoms with van der Waals surface area (Å²) in [5.41, 5.74) is 4.80. The largest absolute Gasteiger partial charge is 0.289 e. The van der Waals surface area contributed by atoms with Crippen LogP contribution in [0.15, 0.2) is 84.4 Å². The van der Waals surface area contributed by atoms with Crippen LogP contribution in [0, 0.1) is 0 Å². The number of halogens is 1. The Morgan fingerprint density at radius 2 is 1.46 bits per heavy atom. The van der Waals surface area contributed by atoms with Crippen LogP contribution in [0.25, 0.3) is 6.08 Å². The average Bonchev–Trinajstić information content (AvgIpc) is 2.90. The molecule has 116 valence electrons. The first-order valence-electron chi connectivity index (χ1n) is 7.90. The molecular formula is C22H15ClO. The fourth-order valence-electron chi connectivity index (χ4n) is 3.30. The molecule has 0 radical (unpaired) electrons. The van der Waals surface area contributed by atoms with Gasteiger partial charge >= 0.3 is 0 Å². The minimum Gasteiger partial charge on any atom is -0.289 e. The standard InChI is InChI=1S/C22H15ClO/c23-17-12-10-15(11-13-17)14-20-21(16-6-2-1-3-7-16)18-8-4-5-9-19(18)22(20)24/h1-14,21H/b20-14+/t21-/m1/s1. The Labute approximate surface area is 146 Å². The third kappa shape index (κ3) is 2.57. The fraction of sp³-hybridized carbons (Fsp3) is 0.0455. The third-order valence-electron chi connectivity index (χ3n) is 4.41. The number of carbonyl (C=O) groups is 1. The molecule has 0 spiro atoms. The molecule has 4 rings (SSSR count). The van der Waals surface area contributed by atoms with E-state index in [1.807, 2.05) is 72.8 Å². The van der Waals surface area contributed by atoms with E-state index in [2.05, 4.69) is 12.1 Å². The molecule has 24 heavy (non-hydrogen) atoms. The number of allylic oxidation sites excluding steroid dienone is 1. The van der Waals surface area contributed by atoms with Gasteiger partial charge in [-0.2, -0.15) is 0 Å². The lowest BCUT2D eigenvalue weighted by Crippen LogP contribution is -2.02. The molecule has 0 saturated heterocycles. The number of hydrogen-bond acceptors (Lipinski definition) is 1. The van der Waals surface area contributed by atoms with Crippen molar-refractivity contribution in [1.29, 1.82) is 0 Å². The van der Waals surface area contributed by atoms with Crippen LogP contribution < -0.4 is 0 Å². The number of Topliss-reactive ketones (excluding diaryl/α,β-unsaturated/α-hetero) is 1. The van der Waals surface area contributed by atoms with Gasteiger partial charge in [-0.3, -0.25) is 4.79 Å². The normalized spacial score (nSPS) is 18.0. The molecule has 3 aromatic carbocycles. The van der Waals surface area contributed by atoms with E-state index in [9.17, 15) is 4.79 Å². The highest BCUT2D eigenvalue weighted by Gasteiger charge is 2.35. The van der Waals surface area contributed by atoms with Gasteiger partial charge in [-0.25, -0.2) is 0 Å². The highest BCUT2D eigenvalue weighted by Crippen LogP contribution is 2.42. The predicted octanol–water partition coefficient (Wildman–Crippen LogP) is 5.75. The molecule has 0 heterocycles. The first-order valence-corrected chi connectivity index (χ1v) is 8.27. The quantitative estimate of drug-likeness (QED) is 0.546. The summed E-state index contributed by atoms with van der Waals surface area (Å²) in [5, 5.41) is 0.692. The van der Waals surface area contributed by atoms with Gasteiger partial charge in [0.2, 0.25) is 0 Å². The Morgan fingerprint density at radius 3 is 2.21 bits per heavy atom. The molecule has 3 aromatic rings. The number of benzene rings is 3. The van der Waals surface area contributed by atoms with Gasteiger partial charge in [-0.1, -0.05) is 78.3 Å². The molecule has 1 aliphatic rings. The van der Waals surface area contributed by atoms with Crippen LogP contribution in [0.3, 0.4) is 0 Å². The fourth-order valence-corrected chi connectivity index (χ4v) is 3.43. The lowest BCUT2D eigenvalue weighted by molar-refractivity contribution is 0.103. The zero-order chi connectivity index (χ0) is 16.5. The second-order valence-corrected chi connectivity index (χ2v) is 6.35. The SMILES string of the molecule is O=C1/C(=C/c2ccc(Cl)cc2)[C@H](c2ccccc2)c2ccccc21. The van der Waals surface area contributed by atoms with Gasteiger partial charge in [0.1, 0.15) is 0 Å². The van der Waals surface area contributed by atoms with Crippen molar-refractivity contribution in [3.63, 3.8) is 0 Å². The molecule has 0 saturated carbocycles. The van der Waals surface area contributed by atoms with E-state index in [0.717, 1.165) is 27.8 Å². The van der Waals surface area contributed by atoms with Gasteiger partial charge in [0, 0.05) is 22.1 Å². The molecule has 0 N–H and O–H groups in total. The van der Waals surface area contributed by atoms with E-state index in [0.29, 0.717) is 5.02 Å². The number of carbonyl (C=O) groups excluding carboxylic acids is 1. The monoisotopic (exact) mass is 330 g/mol. The van der Waals surface area contributed by atoms with E-state index >= 15 is 0 Å². The Hall–Kier alpha value is -2.64. The number of rotatable bonds is 2. The van der Waals surface area contributed by atoms with Crippen LogP contribution in [0.4, 0.5) is 0 Å². The van der Waals surface area contributed by atoms with Gasteiger partial charge in [-0.15, -0.1) is 0 Å². The number of hydrogen-bond donors (Lipinski definition) is 0. The first-order chi connectivity index (χ1) is 11.7. The van der Waals surface area contributed by atoms with Crippen molar-refractivity contribution >= 4 is 23.5 Å². The number of ketones is 1. The van der Waals surface area contributed by atoms with Gasteiger partial charge in [-0.05, 0) is 34.9 Å². The van der Waals surface area contributed by atoms with Crippen molar-refractivity contribution in [2.24, 2.45) is 0 Å². The van der Waals surface area contributed by atoms with Crippen molar-refractivity contribution in [3.05, 3.63) is 112 Å². The maximum absolute atomic E-state index is 13.0. The average molecular weight is 331 g/mol. The molecule has 1 nitrogen and oxygen atoms in total. The highest BCUT2D eigenvalue weighted by atomic mass is 35.5. The second kappa shape index (κ2) is 6.10. The zero-order valence-corrected chi connectivity index (χ0v) is 13.7. The summed E-state index contributed by atoms with van der Waals surface area (Å²) in [6.45, 7) is 0. The molecule has 2 heteroatoms. The third-order valence-corrected chi connectivity index (χ3v) is 4.67. The molecular weight excluding hydrogens is 316 g/mol. The lowest BCUT2D eigenvalue weighted by atomic mass is 9.89. The summed E-state index contributed by atoms with van der Waals surface area (Å²) in [4.78, 5) is 13.0. The summed E-state index contributed by atoms with van der Waals surface area (Å²) in [6.07, 6.45) is 1.98. The minimum atomic E-state index is -0.0226. The van der Waals surface area contributed by atoms with Crippen LogP contribution in [-0.4, -0.2) is 5.78 Å². The van der Waals surface area contributed by atoms with Crippen molar-refractivity contribution < 1.29 is 4.79 Å². The van der Waals surface area contributed by atoms with E-state index in [-0.39, 0.29) is 11.7 Å². The summed E-state index contributed by atoms with van der Waals surface area (Å²) in [5.74, 6) is 0.0833. The van der Waals surface area contributed by atoms with E-state index in [1.54, 1.807) is 0 Å². The molecule has 0 aliphatic heterocycles. The Bertz CT molecular complexity index is 924. The summed E-state index contributed by atoms with van der Waals surface area (Å²) >= 11 is 5.97. The summed E-state index contributed by atoms with van der Waals surface area (Å²) in [6, 6.07) is 25.6. The molecule has 0 aromatic heterocycles. The van der Waals surface area contributed by atoms with E-state index in [4.69, 9.17) is 11.6 Å². The molecule has 1 aliphatic carbocycles. The van der Waals surface area contributed by atoms with Gasteiger partial charge < -0.3 is 0 Å². The maximum atomic E-state index is 13.0. The highest BCUT2D eigenvalue weighted by molar-refractivity contribution is 6.30. The van der Waals surface area contributed by atoms with Gasteiger partial charge in [0.25, 0.3) is 0 Å². The minimum absolute atomic E-state index is 0.0226. The summed E-state index contributed by atoms with van der Waals surface area (Å²) < 4.78 is 0. The van der Waals surface area contributed by atoms with Crippen LogP contribution >= 0.6 is 11.6 Å². The van der Waals surface area contributed by atoms with Crippen molar-refractivity contribution in [2.45, 2.75) is 5.92 Å². The van der Waals surface area contributed by atoms with E-state index in [1.165, 1.54) is 0 Å². The van der Waals surface area contributed by atoms with Crippen LogP contribution in [-0.2, 0) is 0 Å². The van der Waals surface area contributed by atoms with Crippen LogP contribution in [0.1, 0.15) is 33.0 Å². The van der Waals surface area contributed by atoms with Gasteiger partial charge in [0.05, 0.1) is 0 Å². The lowest BCUT2D eigenvalue weighted by Gasteiger charge is -2.13.